The summed E-state index contributed by atoms with van der Waals surface area (Å²) in [5.41, 5.74) is 1.22. The summed E-state index contributed by atoms with van der Waals surface area (Å²) >= 11 is 7.07. The number of amides is 1. The standard InChI is InChI=1S/C17H15ClN4O3S/c1-9-2-3-10(18)6-12(9)19-14(23)7-21-13-8-26-20-15(13)16(24)22(17(21)25)11-4-5-11/h2-3,6,8,11H,4-5,7H2,1H3,(H,19,23). The van der Waals surface area contributed by atoms with E-state index in [1.165, 1.54) is 9.13 Å². The Hall–Kier alpha value is -2.45. The molecule has 9 heteroatoms. The van der Waals surface area contributed by atoms with E-state index in [1.54, 1.807) is 23.6 Å². The van der Waals surface area contributed by atoms with Gasteiger partial charge >= 0.3 is 5.69 Å². The predicted octanol–water partition coefficient (Wildman–Crippen LogP) is 2.56. The Bertz CT molecular complexity index is 1140. The maximum atomic E-state index is 12.8. The zero-order valence-electron chi connectivity index (χ0n) is 13.9. The van der Waals surface area contributed by atoms with Crippen LogP contribution in [0, 0.1) is 6.92 Å². The Morgan fingerprint density at radius 2 is 2.15 bits per heavy atom. The number of nitrogens with one attached hydrogen (secondary N) is 1. The van der Waals surface area contributed by atoms with Gasteiger partial charge in [-0.15, -0.1) is 0 Å². The zero-order chi connectivity index (χ0) is 18.4. The van der Waals surface area contributed by atoms with Crippen LogP contribution in [0.4, 0.5) is 5.69 Å². The van der Waals surface area contributed by atoms with Crippen LogP contribution in [0.1, 0.15) is 24.4 Å². The molecule has 0 atom stereocenters. The van der Waals surface area contributed by atoms with E-state index < -0.39 is 5.69 Å². The van der Waals surface area contributed by atoms with Gasteiger partial charge in [0, 0.05) is 22.1 Å². The summed E-state index contributed by atoms with van der Waals surface area (Å²) in [5.74, 6) is -0.369. The highest BCUT2D eigenvalue weighted by atomic mass is 35.5. The number of halogens is 1. The number of anilines is 1. The van der Waals surface area contributed by atoms with Gasteiger partial charge in [-0.25, -0.2) is 4.79 Å². The van der Waals surface area contributed by atoms with Gasteiger partial charge in [-0.1, -0.05) is 17.7 Å². The van der Waals surface area contributed by atoms with E-state index in [-0.39, 0.29) is 29.6 Å². The molecule has 0 saturated heterocycles. The second kappa shape index (κ2) is 6.37. The number of aromatic nitrogens is 3. The van der Waals surface area contributed by atoms with Crippen molar-refractivity contribution < 1.29 is 4.79 Å². The van der Waals surface area contributed by atoms with E-state index in [0.29, 0.717) is 16.2 Å². The van der Waals surface area contributed by atoms with Gasteiger partial charge in [0.15, 0.2) is 5.52 Å². The van der Waals surface area contributed by atoms with Gasteiger partial charge in [0.05, 0.1) is 5.52 Å². The fourth-order valence-electron chi connectivity index (χ4n) is 2.88. The summed E-state index contributed by atoms with van der Waals surface area (Å²) in [6.45, 7) is 1.65. The van der Waals surface area contributed by atoms with Gasteiger partial charge in [0.25, 0.3) is 5.56 Å². The molecule has 1 saturated carbocycles. The molecular formula is C17H15ClN4O3S. The second-order valence-corrected chi connectivity index (χ2v) is 7.40. The fourth-order valence-corrected chi connectivity index (χ4v) is 3.72. The highest BCUT2D eigenvalue weighted by Crippen LogP contribution is 2.32. The maximum absolute atomic E-state index is 12.8. The van der Waals surface area contributed by atoms with E-state index in [0.717, 1.165) is 29.9 Å². The van der Waals surface area contributed by atoms with Crippen LogP contribution in [0.2, 0.25) is 5.02 Å². The number of hydrogen-bond acceptors (Lipinski definition) is 5. The summed E-state index contributed by atoms with van der Waals surface area (Å²) < 4.78 is 6.64. The largest absolute Gasteiger partial charge is 0.332 e. The first-order valence-corrected chi connectivity index (χ1v) is 9.32. The molecule has 134 valence electrons. The van der Waals surface area contributed by atoms with E-state index in [1.807, 2.05) is 6.92 Å². The molecule has 4 rings (SSSR count). The Morgan fingerprint density at radius 1 is 1.38 bits per heavy atom. The number of hydrogen-bond donors (Lipinski definition) is 1. The highest BCUT2D eigenvalue weighted by Gasteiger charge is 2.29. The Kier molecular flexibility index (Phi) is 4.16. The second-order valence-electron chi connectivity index (χ2n) is 6.33. The molecule has 2 heterocycles. The van der Waals surface area contributed by atoms with Crippen LogP contribution in [0.15, 0.2) is 33.2 Å². The van der Waals surface area contributed by atoms with Crippen LogP contribution in [0.3, 0.4) is 0 Å². The number of carbonyl (C=O) groups is 1. The molecule has 1 aromatic carbocycles. The first-order chi connectivity index (χ1) is 12.5. The van der Waals surface area contributed by atoms with Crippen LogP contribution in [-0.2, 0) is 11.3 Å². The molecule has 0 bridgehead atoms. The van der Waals surface area contributed by atoms with Gasteiger partial charge < -0.3 is 5.32 Å². The van der Waals surface area contributed by atoms with E-state index in [9.17, 15) is 14.4 Å². The minimum Gasteiger partial charge on any atom is -0.324 e. The third kappa shape index (κ3) is 2.95. The van der Waals surface area contributed by atoms with Crippen molar-refractivity contribution in [2.45, 2.75) is 32.4 Å². The normalized spacial score (nSPS) is 13.9. The van der Waals surface area contributed by atoms with E-state index in [2.05, 4.69) is 9.69 Å². The molecular weight excluding hydrogens is 376 g/mol. The maximum Gasteiger partial charge on any atom is 0.332 e. The van der Waals surface area contributed by atoms with E-state index in [4.69, 9.17) is 11.6 Å². The summed E-state index contributed by atoms with van der Waals surface area (Å²) in [4.78, 5) is 37.8. The Balaban J connectivity index is 1.72. The van der Waals surface area contributed by atoms with Crippen LogP contribution >= 0.6 is 23.1 Å². The average Bonchev–Trinajstić information content (AvgIpc) is 3.30. The van der Waals surface area contributed by atoms with Crippen molar-refractivity contribution in [2.75, 3.05) is 5.32 Å². The van der Waals surface area contributed by atoms with Crippen molar-refractivity contribution in [2.24, 2.45) is 0 Å². The lowest BCUT2D eigenvalue weighted by Gasteiger charge is -2.12. The molecule has 1 aliphatic carbocycles. The lowest BCUT2D eigenvalue weighted by atomic mass is 10.2. The lowest BCUT2D eigenvalue weighted by molar-refractivity contribution is -0.116. The molecule has 26 heavy (non-hydrogen) atoms. The first-order valence-electron chi connectivity index (χ1n) is 8.11. The topological polar surface area (TPSA) is 86.0 Å². The van der Waals surface area contributed by atoms with Gasteiger partial charge in [-0.05, 0) is 49.0 Å². The number of nitrogens with zero attached hydrogens (tertiary/aromatic N) is 3. The monoisotopic (exact) mass is 390 g/mol. The quantitative estimate of drug-likeness (QED) is 0.741. The van der Waals surface area contributed by atoms with Crippen LogP contribution in [0.5, 0.6) is 0 Å². The molecule has 0 aliphatic heterocycles. The summed E-state index contributed by atoms with van der Waals surface area (Å²) in [5, 5.41) is 4.90. The molecule has 3 aromatic rings. The van der Waals surface area contributed by atoms with Crippen molar-refractivity contribution in [1.29, 1.82) is 0 Å². The predicted molar refractivity (Wildman–Crippen MR) is 101 cm³/mol. The number of aryl methyl sites for hydroxylation is 1. The molecule has 1 fully saturated rings. The summed E-state index contributed by atoms with van der Waals surface area (Å²) in [7, 11) is 0. The molecule has 0 unspecified atom stereocenters. The molecule has 2 aromatic heterocycles. The summed E-state index contributed by atoms with van der Waals surface area (Å²) in [6.07, 6.45) is 1.58. The number of rotatable bonds is 4. The molecule has 0 radical (unpaired) electrons. The minimum atomic E-state index is -0.469. The Labute approximate surface area is 157 Å². The lowest BCUT2D eigenvalue weighted by Crippen LogP contribution is -2.41. The first kappa shape index (κ1) is 17.0. The van der Waals surface area contributed by atoms with E-state index >= 15 is 0 Å². The van der Waals surface area contributed by atoms with Crippen molar-refractivity contribution in [3.63, 3.8) is 0 Å². The SMILES string of the molecule is Cc1ccc(Cl)cc1NC(=O)Cn1c(=O)n(C2CC2)c(=O)c2nscc21. The molecule has 0 spiro atoms. The molecule has 1 aliphatic rings. The van der Waals surface area contributed by atoms with Crippen LogP contribution in [-0.4, -0.2) is 19.4 Å². The zero-order valence-corrected chi connectivity index (χ0v) is 15.4. The third-order valence-electron chi connectivity index (χ3n) is 4.39. The fraction of sp³-hybridized carbons (Fsp3) is 0.294. The molecule has 1 N–H and O–H groups in total. The summed E-state index contributed by atoms with van der Waals surface area (Å²) in [6, 6.07) is 5.11. The smallest absolute Gasteiger partial charge is 0.324 e. The number of carbonyl (C=O) groups excluding carboxylic acids is 1. The van der Waals surface area contributed by atoms with Crippen molar-refractivity contribution >= 4 is 45.8 Å². The van der Waals surface area contributed by atoms with Gasteiger partial charge in [-0.2, -0.15) is 4.37 Å². The van der Waals surface area contributed by atoms with Gasteiger partial charge in [0.1, 0.15) is 6.54 Å². The van der Waals surface area contributed by atoms with Crippen molar-refractivity contribution in [3.8, 4) is 0 Å². The number of benzene rings is 1. The number of fused-ring (bicyclic) bond motifs is 1. The Morgan fingerprint density at radius 3 is 2.88 bits per heavy atom. The van der Waals surface area contributed by atoms with Crippen LogP contribution in [0.25, 0.3) is 11.0 Å². The molecule has 7 nitrogen and oxygen atoms in total. The highest BCUT2D eigenvalue weighted by molar-refractivity contribution is 7.04. The molecule has 1 amide bonds. The van der Waals surface area contributed by atoms with Gasteiger partial charge in [-0.3, -0.25) is 18.7 Å². The van der Waals surface area contributed by atoms with Crippen LogP contribution < -0.4 is 16.6 Å². The minimum absolute atomic E-state index is 0.0921. The van der Waals surface area contributed by atoms with Gasteiger partial charge in [0.2, 0.25) is 5.91 Å². The van der Waals surface area contributed by atoms with Crippen molar-refractivity contribution in [1.82, 2.24) is 13.5 Å². The average molecular weight is 391 g/mol. The third-order valence-corrected chi connectivity index (χ3v) is 5.24. The van der Waals surface area contributed by atoms with Crippen molar-refractivity contribution in [3.05, 3.63) is 55.0 Å².